The topological polar surface area (TPSA) is 0 Å². The molecule has 0 bridgehead atoms. The predicted octanol–water partition coefficient (Wildman–Crippen LogP) is 6.14. The number of hydrogen-bond acceptors (Lipinski definition) is 0. The van der Waals surface area contributed by atoms with Crippen LogP contribution in [0.3, 0.4) is 0 Å². The van der Waals surface area contributed by atoms with Crippen molar-refractivity contribution in [1.29, 1.82) is 0 Å². The molecule has 0 nitrogen and oxygen atoms in total. The van der Waals surface area contributed by atoms with E-state index in [1.54, 1.807) is 0 Å². The summed E-state index contributed by atoms with van der Waals surface area (Å²) in [5, 5.41) is 0. The first-order valence-corrected chi connectivity index (χ1v) is 7.68. The number of halogens is 4. The number of hydrogen-bond donors (Lipinski definition) is 0. The first-order chi connectivity index (χ1) is 12.6. The number of allylic oxidation sites excluding steroid dienone is 8. The van der Waals surface area contributed by atoms with E-state index < -0.39 is 23.3 Å². The molecule has 0 aliphatic heterocycles. The molecular formula is C22H16F4Ti. The molecule has 0 saturated carbocycles. The molecule has 2 aliphatic carbocycles. The van der Waals surface area contributed by atoms with Crippen molar-refractivity contribution in [2.45, 2.75) is 12.8 Å². The summed E-state index contributed by atoms with van der Waals surface area (Å²) in [4.78, 5) is 0. The fourth-order valence-electron chi connectivity index (χ4n) is 1.51. The molecule has 27 heavy (non-hydrogen) atoms. The third-order valence-electron chi connectivity index (χ3n) is 2.62. The molecule has 2 aromatic carbocycles. The maximum absolute atomic E-state index is 11.9. The van der Waals surface area contributed by atoms with Crippen LogP contribution in [0.25, 0.3) is 0 Å². The summed E-state index contributed by atoms with van der Waals surface area (Å²) in [5.41, 5.74) is 0. The standard InChI is InChI=1S/2C6H3F2.2C5H5.Ti/c2*7-5-2-1-3-6(8)4-5;2*1-2-4-5-3-1;/h2*1-3H;2*1-3H,4H2;/q4*-1;+4. The Morgan fingerprint density at radius 1 is 0.593 bits per heavy atom. The second-order valence-electron chi connectivity index (χ2n) is 4.70. The van der Waals surface area contributed by atoms with Gasteiger partial charge in [-0.05, 0) is 0 Å². The smallest absolute Gasteiger partial charge is 0.273 e. The molecule has 2 aromatic rings. The quantitative estimate of drug-likeness (QED) is 0.281. The van der Waals surface area contributed by atoms with E-state index in [4.69, 9.17) is 0 Å². The molecule has 4 rings (SSSR count). The van der Waals surface area contributed by atoms with E-state index in [9.17, 15) is 17.6 Å². The SMILES string of the molecule is Fc1[c-]c(F)ccc1.Fc1[c-]c(F)ccc1.[C-]1=CC=CC1.[C-]1=CC=CC1.[Ti+4]. The average Bonchev–Trinajstić information content (AvgIpc) is 3.34. The Labute approximate surface area is 172 Å². The average molecular weight is 404 g/mol. The molecule has 0 amide bonds. The van der Waals surface area contributed by atoms with Gasteiger partial charge in [0, 0.05) is 23.3 Å². The summed E-state index contributed by atoms with van der Waals surface area (Å²) in [5.74, 6) is -2.65. The molecular weight excluding hydrogens is 388 g/mol. The van der Waals surface area contributed by atoms with Gasteiger partial charge in [-0.25, -0.2) is 41.9 Å². The molecule has 2 aliphatic rings. The Morgan fingerprint density at radius 3 is 1.04 bits per heavy atom. The molecule has 0 atom stereocenters. The van der Waals surface area contributed by atoms with Crippen molar-refractivity contribution in [2.24, 2.45) is 0 Å². The molecule has 0 N–H and O–H groups in total. The maximum atomic E-state index is 11.9. The van der Waals surface area contributed by atoms with Gasteiger partial charge in [-0.2, -0.15) is 24.3 Å². The minimum Gasteiger partial charge on any atom is -0.273 e. The van der Waals surface area contributed by atoms with Crippen LogP contribution in [0.2, 0.25) is 0 Å². The third-order valence-corrected chi connectivity index (χ3v) is 2.62. The Kier molecular flexibility index (Phi) is 14.8. The Balaban J connectivity index is 0.000000337. The zero-order valence-corrected chi connectivity index (χ0v) is 15.9. The minimum absolute atomic E-state index is 0. The minimum atomic E-state index is -0.662. The van der Waals surface area contributed by atoms with Crippen molar-refractivity contribution < 1.29 is 39.3 Å². The summed E-state index contributed by atoms with van der Waals surface area (Å²) in [7, 11) is 0. The Bertz CT molecular complexity index is 644. The molecule has 0 aromatic heterocycles. The van der Waals surface area contributed by atoms with E-state index in [1.165, 1.54) is 12.1 Å². The molecule has 0 unspecified atom stereocenters. The van der Waals surface area contributed by atoms with E-state index >= 15 is 0 Å². The summed E-state index contributed by atoms with van der Waals surface area (Å²) < 4.78 is 47.5. The number of rotatable bonds is 0. The van der Waals surface area contributed by atoms with E-state index in [-0.39, 0.29) is 21.7 Å². The fourth-order valence-corrected chi connectivity index (χ4v) is 1.51. The van der Waals surface area contributed by atoms with Crippen LogP contribution < -0.4 is 0 Å². The normalized spacial score (nSPS) is 12.0. The van der Waals surface area contributed by atoms with Gasteiger partial charge in [0.1, 0.15) is 0 Å². The van der Waals surface area contributed by atoms with Gasteiger partial charge in [-0.3, -0.25) is 12.2 Å². The van der Waals surface area contributed by atoms with Gasteiger partial charge in [-0.1, -0.05) is 0 Å². The molecule has 0 fully saturated rings. The van der Waals surface area contributed by atoms with E-state index in [0.717, 1.165) is 37.1 Å². The van der Waals surface area contributed by atoms with Crippen LogP contribution >= 0.6 is 0 Å². The van der Waals surface area contributed by atoms with Crippen LogP contribution in [0, 0.1) is 47.6 Å². The van der Waals surface area contributed by atoms with Gasteiger partial charge in [0.25, 0.3) is 0 Å². The molecule has 5 heteroatoms. The van der Waals surface area contributed by atoms with Gasteiger partial charge < -0.3 is 0 Å². The number of benzene rings is 2. The summed E-state index contributed by atoms with van der Waals surface area (Å²) in [6, 6.07) is 10.8. The molecule has 0 heterocycles. The van der Waals surface area contributed by atoms with Gasteiger partial charge in [-0.15, -0.1) is 49.2 Å². The molecule has 0 spiro atoms. The fraction of sp³-hybridized carbons (Fsp3) is 0.0909. The molecule has 0 radical (unpaired) electrons. The Hall–Kier alpha value is -2.17. The van der Waals surface area contributed by atoms with E-state index in [0.29, 0.717) is 0 Å². The summed E-state index contributed by atoms with van der Waals surface area (Å²) in [6.07, 6.45) is 20.0. The van der Waals surface area contributed by atoms with E-state index in [1.807, 2.05) is 36.4 Å². The van der Waals surface area contributed by atoms with Gasteiger partial charge in [0.2, 0.25) is 0 Å². The van der Waals surface area contributed by atoms with Crippen LogP contribution in [0.5, 0.6) is 0 Å². The summed E-state index contributed by atoms with van der Waals surface area (Å²) >= 11 is 0. The molecule has 0 saturated heterocycles. The maximum Gasteiger partial charge on any atom is 4.00 e. The van der Waals surface area contributed by atoms with Crippen molar-refractivity contribution in [3.8, 4) is 0 Å². The van der Waals surface area contributed by atoms with Gasteiger partial charge >= 0.3 is 21.7 Å². The van der Waals surface area contributed by atoms with Crippen molar-refractivity contribution in [2.75, 3.05) is 0 Å². The zero-order chi connectivity index (χ0) is 19.0. The third kappa shape index (κ3) is 14.7. The van der Waals surface area contributed by atoms with Crippen molar-refractivity contribution in [3.05, 3.63) is 120 Å². The second kappa shape index (κ2) is 16.0. The largest absolute Gasteiger partial charge is 4.00 e. The van der Waals surface area contributed by atoms with E-state index in [2.05, 4.69) is 24.3 Å². The second-order valence-corrected chi connectivity index (χ2v) is 4.70. The monoisotopic (exact) mass is 404 g/mol. The van der Waals surface area contributed by atoms with Crippen molar-refractivity contribution in [3.63, 3.8) is 0 Å². The van der Waals surface area contributed by atoms with Crippen LogP contribution in [-0.2, 0) is 21.7 Å². The predicted molar refractivity (Wildman–Crippen MR) is 93.5 cm³/mol. The first kappa shape index (κ1) is 24.8. The van der Waals surface area contributed by atoms with Crippen LogP contribution in [0.1, 0.15) is 12.8 Å². The zero-order valence-electron chi connectivity index (χ0n) is 14.4. The summed E-state index contributed by atoms with van der Waals surface area (Å²) in [6.45, 7) is 0. The van der Waals surface area contributed by atoms with Crippen LogP contribution in [-0.4, -0.2) is 0 Å². The Morgan fingerprint density at radius 2 is 0.926 bits per heavy atom. The van der Waals surface area contributed by atoms with Gasteiger partial charge in [0.15, 0.2) is 0 Å². The molecule has 136 valence electrons. The first-order valence-electron chi connectivity index (χ1n) is 7.68. The van der Waals surface area contributed by atoms with Gasteiger partial charge in [0.05, 0.1) is 0 Å². The van der Waals surface area contributed by atoms with Crippen LogP contribution in [0.15, 0.2) is 72.9 Å². The van der Waals surface area contributed by atoms with Crippen LogP contribution in [0.4, 0.5) is 17.6 Å². The van der Waals surface area contributed by atoms with Crippen molar-refractivity contribution in [1.82, 2.24) is 0 Å². The van der Waals surface area contributed by atoms with Crippen molar-refractivity contribution >= 4 is 0 Å².